The molecular formula is C21H19BrFN7S. The molecule has 1 aromatic carbocycles. The van der Waals surface area contributed by atoms with Crippen molar-refractivity contribution in [3.8, 4) is 27.6 Å². The van der Waals surface area contributed by atoms with Gasteiger partial charge in [-0.05, 0) is 60.5 Å². The average Bonchev–Trinajstić information content (AvgIpc) is 3.39. The lowest BCUT2D eigenvalue weighted by Crippen LogP contribution is -2.40. The Labute approximate surface area is 191 Å². The van der Waals surface area contributed by atoms with Crippen LogP contribution in [0.15, 0.2) is 40.7 Å². The maximum Gasteiger partial charge on any atom is 0.174 e. The number of nitrogens with zero attached hydrogens (tertiary/aromatic N) is 7. The predicted octanol–water partition coefficient (Wildman–Crippen LogP) is 5.43. The van der Waals surface area contributed by atoms with Gasteiger partial charge in [-0.15, -0.1) is 21.5 Å². The number of thiazole rings is 1. The summed E-state index contributed by atoms with van der Waals surface area (Å²) < 4.78 is 16.1. The molecule has 1 atom stereocenters. The summed E-state index contributed by atoms with van der Waals surface area (Å²) >= 11 is 4.94. The number of hydrogen-bond donors (Lipinski definition) is 0. The molecule has 0 N–H and O–H groups in total. The average molecular weight is 500 g/mol. The molecule has 4 aromatic rings. The van der Waals surface area contributed by atoms with Gasteiger partial charge in [-0.25, -0.2) is 19.3 Å². The van der Waals surface area contributed by atoms with Gasteiger partial charge in [0.2, 0.25) is 0 Å². The summed E-state index contributed by atoms with van der Waals surface area (Å²) in [6, 6.07) is 6.58. The molecule has 10 heteroatoms. The van der Waals surface area contributed by atoms with Crippen LogP contribution in [0.1, 0.15) is 39.1 Å². The van der Waals surface area contributed by atoms with Crippen LogP contribution < -0.4 is 4.90 Å². The first-order chi connectivity index (χ1) is 15.0. The minimum Gasteiger partial charge on any atom is -0.342 e. The second kappa shape index (κ2) is 7.76. The quantitative estimate of drug-likeness (QED) is 0.372. The zero-order valence-electron chi connectivity index (χ0n) is 17.1. The molecule has 5 rings (SSSR count). The van der Waals surface area contributed by atoms with Gasteiger partial charge in [0.15, 0.2) is 21.4 Å². The number of benzene rings is 1. The van der Waals surface area contributed by atoms with Crippen LogP contribution in [0, 0.1) is 5.82 Å². The Balaban J connectivity index is 1.69. The van der Waals surface area contributed by atoms with E-state index in [-0.39, 0.29) is 17.9 Å². The number of anilines is 1. The molecule has 0 bridgehead atoms. The van der Waals surface area contributed by atoms with E-state index in [0.717, 1.165) is 43.8 Å². The fourth-order valence-corrected chi connectivity index (χ4v) is 5.42. The minimum atomic E-state index is -0.285. The first-order valence-electron chi connectivity index (χ1n) is 9.96. The molecule has 1 unspecified atom stereocenters. The Morgan fingerprint density at radius 3 is 2.68 bits per heavy atom. The van der Waals surface area contributed by atoms with Crippen LogP contribution in [0.5, 0.6) is 0 Å². The van der Waals surface area contributed by atoms with Gasteiger partial charge in [0, 0.05) is 11.6 Å². The Hall–Kier alpha value is -2.72. The number of hydrogen-bond acceptors (Lipinski definition) is 7. The molecule has 0 saturated heterocycles. The first kappa shape index (κ1) is 20.2. The van der Waals surface area contributed by atoms with Crippen LogP contribution in [-0.2, 0) is 0 Å². The van der Waals surface area contributed by atoms with Gasteiger partial charge in [-0.1, -0.05) is 6.92 Å². The fourth-order valence-electron chi connectivity index (χ4n) is 4.00. The van der Waals surface area contributed by atoms with E-state index in [2.05, 4.69) is 61.8 Å². The molecule has 0 saturated carbocycles. The van der Waals surface area contributed by atoms with Gasteiger partial charge in [0.1, 0.15) is 22.7 Å². The normalized spacial score (nSPS) is 15.3. The van der Waals surface area contributed by atoms with Crippen LogP contribution in [0.3, 0.4) is 0 Å². The van der Waals surface area contributed by atoms with E-state index in [1.165, 1.54) is 23.5 Å². The van der Waals surface area contributed by atoms with Crippen molar-refractivity contribution in [1.82, 2.24) is 29.7 Å². The smallest absolute Gasteiger partial charge is 0.174 e. The highest BCUT2D eigenvalue weighted by Crippen LogP contribution is 2.42. The highest BCUT2D eigenvalue weighted by atomic mass is 79.9. The number of halogens is 2. The third-order valence-electron chi connectivity index (χ3n) is 5.33. The second-order valence-electron chi connectivity index (χ2n) is 7.54. The van der Waals surface area contributed by atoms with Crippen molar-refractivity contribution < 1.29 is 4.39 Å². The maximum atomic E-state index is 13.4. The summed E-state index contributed by atoms with van der Waals surface area (Å²) in [4.78, 5) is 17.4. The predicted molar refractivity (Wildman–Crippen MR) is 122 cm³/mol. The molecule has 0 radical (unpaired) electrons. The van der Waals surface area contributed by atoms with E-state index in [0.29, 0.717) is 5.82 Å². The van der Waals surface area contributed by atoms with E-state index in [1.807, 2.05) is 10.8 Å². The lowest BCUT2D eigenvalue weighted by molar-refractivity contribution is 0.497. The van der Waals surface area contributed by atoms with Crippen LogP contribution in [0.25, 0.3) is 27.6 Å². The van der Waals surface area contributed by atoms with Crippen molar-refractivity contribution in [3.63, 3.8) is 0 Å². The largest absolute Gasteiger partial charge is 0.342 e. The number of rotatable bonds is 4. The van der Waals surface area contributed by atoms with Crippen LogP contribution >= 0.6 is 27.3 Å². The molecule has 3 aromatic heterocycles. The third kappa shape index (κ3) is 3.34. The van der Waals surface area contributed by atoms with Crippen LogP contribution in [0.2, 0.25) is 0 Å². The summed E-state index contributed by atoms with van der Waals surface area (Å²) in [6.45, 7) is 6.43. The van der Waals surface area contributed by atoms with Crippen molar-refractivity contribution in [2.24, 2.45) is 0 Å². The molecule has 158 valence electrons. The zero-order chi connectivity index (χ0) is 21.7. The van der Waals surface area contributed by atoms with E-state index >= 15 is 0 Å². The fraction of sp³-hybridized carbons (Fsp3) is 0.286. The van der Waals surface area contributed by atoms with Crippen molar-refractivity contribution in [2.75, 3.05) is 4.90 Å². The summed E-state index contributed by atoms with van der Waals surface area (Å²) in [5.41, 5.74) is 2.39. The van der Waals surface area contributed by atoms with Crippen LogP contribution in [-0.4, -0.2) is 35.8 Å². The van der Waals surface area contributed by atoms with E-state index < -0.39 is 0 Å². The Kier molecular flexibility index (Phi) is 5.05. The van der Waals surface area contributed by atoms with Gasteiger partial charge >= 0.3 is 0 Å². The monoisotopic (exact) mass is 499 g/mol. The van der Waals surface area contributed by atoms with Gasteiger partial charge in [-0.2, -0.15) is 0 Å². The highest BCUT2D eigenvalue weighted by molar-refractivity contribution is 9.11. The molecule has 0 aliphatic carbocycles. The van der Waals surface area contributed by atoms with Crippen molar-refractivity contribution in [3.05, 3.63) is 52.3 Å². The van der Waals surface area contributed by atoms with Gasteiger partial charge in [0.05, 0.1) is 17.9 Å². The minimum absolute atomic E-state index is 0.0718. The molecule has 7 nitrogen and oxygen atoms in total. The third-order valence-corrected chi connectivity index (χ3v) is 6.83. The standard InChI is InChI=1S/C21H19BrFN7S/c1-4-14-20-28-25-10-29(20)15-9-24-18(27-19(15)30(14)11(2)3)17-16(26-21(22)31-17)12-5-7-13(23)8-6-12/h5-11,14H,4H2,1-3H3. The molecule has 0 spiro atoms. The van der Waals surface area contributed by atoms with Gasteiger partial charge in [-0.3, -0.25) is 4.57 Å². The number of fused-ring (bicyclic) bond motifs is 3. The van der Waals surface area contributed by atoms with Crippen molar-refractivity contribution in [2.45, 2.75) is 39.3 Å². The Morgan fingerprint density at radius 1 is 1.19 bits per heavy atom. The SMILES string of the molecule is CCC1c2nncn2-c2cnc(-c3sc(Br)nc3-c3ccc(F)cc3)nc2N1C(C)C. The summed E-state index contributed by atoms with van der Waals surface area (Å²) in [7, 11) is 0. The summed E-state index contributed by atoms with van der Waals surface area (Å²) in [5, 5.41) is 8.48. The van der Waals surface area contributed by atoms with Crippen molar-refractivity contribution >= 4 is 33.1 Å². The molecule has 1 aliphatic rings. The van der Waals surface area contributed by atoms with Gasteiger partial charge in [0.25, 0.3) is 0 Å². The first-order valence-corrected chi connectivity index (χ1v) is 11.6. The summed E-state index contributed by atoms with van der Waals surface area (Å²) in [6.07, 6.45) is 4.40. The highest BCUT2D eigenvalue weighted by Gasteiger charge is 2.35. The summed E-state index contributed by atoms with van der Waals surface area (Å²) in [5.74, 6) is 2.03. The van der Waals surface area contributed by atoms with Gasteiger partial charge < -0.3 is 4.90 Å². The Morgan fingerprint density at radius 2 is 1.97 bits per heavy atom. The van der Waals surface area contributed by atoms with E-state index in [1.54, 1.807) is 18.5 Å². The molecule has 4 heterocycles. The van der Waals surface area contributed by atoms with E-state index in [4.69, 9.17) is 4.98 Å². The number of aromatic nitrogens is 6. The second-order valence-corrected chi connectivity index (χ2v) is 9.81. The Bertz CT molecular complexity index is 1250. The molecule has 0 amide bonds. The molecule has 1 aliphatic heterocycles. The lowest BCUT2D eigenvalue weighted by Gasteiger charge is -2.39. The maximum absolute atomic E-state index is 13.4. The zero-order valence-corrected chi connectivity index (χ0v) is 19.5. The van der Waals surface area contributed by atoms with Crippen molar-refractivity contribution in [1.29, 1.82) is 0 Å². The van der Waals surface area contributed by atoms with E-state index in [9.17, 15) is 4.39 Å². The van der Waals surface area contributed by atoms with Crippen LogP contribution in [0.4, 0.5) is 10.2 Å². The topological polar surface area (TPSA) is 72.6 Å². The molecule has 31 heavy (non-hydrogen) atoms. The molecular weight excluding hydrogens is 481 g/mol. The molecule has 0 fully saturated rings. The lowest BCUT2D eigenvalue weighted by atomic mass is 10.1.